The molecular weight excluding hydrogens is 344 g/mol. The molecule has 0 fully saturated rings. The maximum Gasteiger partial charge on any atom is 0.289 e. The highest BCUT2D eigenvalue weighted by molar-refractivity contribution is 7.92. The van der Waals surface area contributed by atoms with Crippen LogP contribution in [0.25, 0.3) is 0 Å². The van der Waals surface area contributed by atoms with Gasteiger partial charge in [0.05, 0.1) is 28.7 Å². The molecule has 7 nitrogen and oxygen atoms in total. The van der Waals surface area contributed by atoms with Crippen LogP contribution in [0.1, 0.15) is 0 Å². The second kappa shape index (κ2) is 6.95. The number of benzene rings is 2. The number of aliphatic hydroxyl groups excluding tert-OH is 1. The van der Waals surface area contributed by atoms with Crippen molar-refractivity contribution in [3.63, 3.8) is 0 Å². The Kier molecular flexibility index (Phi) is 5.19. The van der Waals surface area contributed by atoms with Gasteiger partial charge >= 0.3 is 0 Å². The first-order chi connectivity index (χ1) is 10.9. The fourth-order valence-corrected chi connectivity index (χ4v) is 3.65. The quantitative estimate of drug-likeness (QED) is 0.632. The number of nitrogens with zero attached hydrogens (tertiary/aromatic N) is 2. The highest BCUT2D eigenvalue weighted by Crippen LogP contribution is 2.31. The van der Waals surface area contributed by atoms with Crippen molar-refractivity contribution in [2.45, 2.75) is 4.90 Å². The van der Waals surface area contributed by atoms with Gasteiger partial charge in [0.2, 0.25) is 0 Å². The second-order valence-corrected chi connectivity index (χ2v) is 6.78. The summed E-state index contributed by atoms with van der Waals surface area (Å²) in [6, 6.07) is 11.3. The Hall–Kier alpha value is -2.16. The van der Waals surface area contributed by atoms with E-state index in [0.29, 0.717) is 0 Å². The number of halogens is 1. The van der Waals surface area contributed by atoms with E-state index < -0.39 is 27.2 Å². The van der Waals surface area contributed by atoms with Crippen molar-refractivity contribution in [2.24, 2.45) is 0 Å². The summed E-state index contributed by atoms with van der Waals surface area (Å²) in [6.45, 7) is -0.682. The lowest BCUT2D eigenvalue weighted by molar-refractivity contribution is -0.384. The minimum Gasteiger partial charge on any atom is -0.394 e. The monoisotopic (exact) mass is 356 g/mol. The zero-order chi connectivity index (χ0) is 17.0. The normalized spacial score (nSPS) is 11.2. The number of nitro groups is 1. The standard InChI is InChI=1S/C14H13ClN2O5S/c15-13-7-6-11(10-14(13)17(19)20)16(8-9-18)23(21,22)12-4-2-1-3-5-12/h1-7,10,18H,8-9H2. The molecule has 122 valence electrons. The van der Waals surface area contributed by atoms with Crippen LogP contribution in [-0.4, -0.2) is 31.6 Å². The number of sulfonamides is 1. The minimum atomic E-state index is -3.96. The van der Waals surface area contributed by atoms with E-state index in [4.69, 9.17) is 11.6 Å². The van der Waals surface area contributed by atoms with Crippen molar-refractivity contribution in [1.82, 2.24) is 0 Å². The predicted octanol–water partition coefficient (Wildman–Crippen LogP) is 2.44. The van der Waals surface area contributed by atoms with E-state index in [0.717, 1.165) is 10.4 Å². The van der Waals surface area contributed by atoms with E-state index in [1.807, 2.05) is 0 Å². The molecule has 0 saturated heterocycles. The van der Waals surface area contributed by atoms with Gasteiger partial charge in [-0.3, -0.25) is 14.4 Å². The molecule has 0 heterocycles. The molecule has 0 radical (unpaired) electrons. The molecule has 9 heteroatoms. The molecule has 0 amide bonds. The van der Waals surface area contributed by atoms with Gasteiger partial charge < -0.3 is 5.11 Å². The van der Waals surface area contributed by atoms with Crippen molar-refractivity contribution in [2.75, 3.05) is 17.5 Å². The molecule has 0 aliphatic carbocycles. The zero-order valence-electron chi connectivity index (χ0n) is 11.8. The van der Waals surface area contributed by atoms with Crippen LogP contribution in [0.5, 0.6) is 0 Å². The lowest BCUT2D eigenvalue weighted by Gasteiger charge is -2.23. The van der Waals surface area contributed by atoms with Crippen LogP contribution >= 0.6 is 11.6 Å². The summed E-state index contributed by atoms with van der Waals surface area (Å²) in [5.41, 5.74) is -0.352. The molecule has 0 atom stereocenters. The molecule has 0 aliphatic rings. The number of nitro benzene ring substituents is 1. The van der Waals surface area contributed by atoms with Crippen molar-refractivity contribution in [1.29, 1.82) is 0 Å². The topological polar surface area (TPSA) is 101 Å². The maximum absolute atomic E-state index is 12.7. The van der Waals surface area contributed by atoms with Crippen LogP contribution in [0.2, 0.25) is 5.02 Å². The van der Waals surface area contributed by atoms with Gasteiger partial charge in [-0.25, -0.2) is 8.42 Å². The molecule has 0 unspecified atom stereocenters. The molecule has 0 bridgehead atoms. The highest BCUT2D eigenvalue weighted by atomic mass is 35.5. The molecule has 2 aromatic carbocycles. The highest BCUT2D eigenvalue weighted by Gasteiger charge is 2.26. The summed E-state index contributed by atoms with van der Waals surface area (Å²) in [5.74, 6) is 0. The van der Waals surface area contributed by atoms with Crippen LogP contribution in [-0.2, 0) is 10.0 Å². The van der Waals surface area contributed by atoms with E-state index >= 15 is 0 Å². The van der Waals surface area contributed by atoms with Gasteiger partial charge in [0.15, 0.2) is 0 Å². The molecular formula is C14H13ClN2O5S. The van der Waals surface area contributed by atoms with Gasteiger partial charge in [0.25, 0.3) is 15.7 Å². The lowest BCUT2D eigenvalue weighted by atomic mass is 10.3. The third-order valence-corrected chi connectivity index (χ3v) is 5.21. The van der Waals surface area contributed by atoms with Gasteiger partial charge in [0.1, 0.15) is 5.02 Å². The Bertz CT molecular complexity index is 811. The third kappa shape index (κ3) is 3.61. The van der Waals surface area contributed by atoms with E-state index in [9.17, 15) is 23.6 Å². The summed E-state index contributed by atoms with van der Waals surface area (Å²) >= 11 is 5.75. The van der Waals surface area contributed by atoms with Gasteiger partial charge in [-0.05, 0) is 24.3 Å². The Labute approximate surface area is 137 Å². The zero-order valence-corrected chi connectivity index (χ0v) is 13.4. The Morgan fingerprint density at radius 2 is 1.83 bits per heavy atom. The molecule has 0 aromatic heterocycles. The van der Waals surface area contributed by atoms with Crippen molar-refractivity contribution in [3.8, 4) is 0 Å². The molecule has 0 aliphatic heterocycles. The second-order valence-electron chi connectivity index (χ2n) is 4.51. The van der Waals surface area contributed by atoms with Gasteiger partial charge in [-0.1, -0.05) is 29.8 Å². The summed E-state index contributed by atoms with van der Waals surface area (Å²) in [6.07, 6.45) is 0. The Morgan fingerprint density at radius 3 is 2.39 bits per heavy atom. The first-order valence-corrected chi connectivity index (χ1v) is 8.32. The van der Waals surface area contributed by atoms with E-state index in [2.05, 4.69) is 0 Å². The third-order valence-electron chi connectivity index (χ3n) is 3.05. The Balaban J connectivity index is 2.55. The number of aliphatic hydroxyl groups is 1. The van der Waals surface area contributed by atoms with Crippen molar-refractivity contribution in [3.05, 3.63) is 63.7 Å². The van der Waals surface area contributed by atoms with Crippen LogP contribution in [0.4, 0.5) is 11.4 Å². The fraction of sp³-hybridized carbons (Fsp3) is 0.143. The Morgan fingerprint density at radius 1 is 1.17 bits per heavy atom. The smallest absolute Gasteiger partial charge is 0.289 e. The van der Waals surface area contributed by atoms with Gasteiger partial charge in [0, 0.05) is 6.07 Å². The summed E-state index contributed by atoms with van der Waals surface area (Å²) < 4.78 is 26.3. The SMILES string of the molecule is O=[N+]([O-])c1cc(N(CCO)S(=O)(=O)c2ccccc2)ccc1Cl. The number of hydrogen-bond acceptors (Lipinski definition) is 5. The van der Waals surface area contributed by atoms with Crippen LogP contribution in [0.3, 0.4) is 0 Å². The first-order valence-electron chi connectivity index (χ1n) is 6.50. The molecule has 2 aromatic rings. The largest absolute Gasteiger partial charge is 0.394 e. The summed E-state index contributed by atoms with van der Waals surface area (Å²) in [5, 5.41) is 20.1. The minimum absolute atomic E-state index is 0.0195. The lowest BCUT2D eigenvalue weighted by Crippen LogP contribution is -2.33. The summed E-state index contributed by atoms with van der Waals surface area (Å²) in [4.78, 5) is 10.3. The van der Waals surface area contributed by atoms with Crippen molar-refractivity contribution >= 4 is 33.0 Å². The van der Waals surface area contributed by atoms with E-state index in [-0.39, 0.29) is 22.2 Å². The first kappa shape index (κ1) is 17.2. The van der Waals surface area contributed by atoms with Gasteiger partial charge in [-0.15, -0.1) is 0 Å². The average molecular weight is 357 g/mol. The van der Waals surface area contributed by atoms with Crippen LogP contribution in [0.15, 0.2) is 53.4 Å². The predicted molar refractivity (Wildman–Crippen MR) is 86.2 cm³/mol. The van der Waals surface area contributed by atoms with Crippen LogP contribution < -0.4 is 4.31 Å². The maximum atomic E-state index is 12.7. The van der Waals surface area contributed by atoms with Crippen LogP contribution in [0, 0.1) is 10.1 Å². The molecule has 23 heavy (non-hydrogen) atoms. The number of hydrogen-bond donors (Lipinski definition) is 1. The van der Waals surface area contributed by atoms with Crippen molar-refractivity contribution < 1.29 is 18.4 Å². The van der Waals surface area contributed by atoms with E-state index in [1.165, 1.54) is 24.3 Å². The summed E-state index contributed by atoms with van der Waals surface area (Å²) in [7, 11) is -3.96. The number of rotatable bonds is 6. The fourth-order valence-electron chi connectivity index (χ4n) is 1.99. The molecule has 0 spiro atoms. The molecule has 2 rings (SSSR count). The van der Waals surface area contributed by atoms with E-state index in [1.54, 1.807) is 18.2 Å². The van der Waals surface area contributed by atoms with Gasteiger partial charge in [-0.2, -0.15) is 0 Å². The average Bonchev–Trinajstić information content (AvgIpc) is 2.54. The molecule has 0 saturated carbocycles. The number of anilines is 1. The molecule has 1 N–H and O–H groups in total.